The molecule has 0 saturated carbocycles. The average molecular weight is 387 g/mol. The van der Waals surface area contributed by atoms with Gasteiger partial charge in [0.05, 0.1) is 4.90 Å². The molecule has 2 unspecified atom stereocenters. The Morgan fingerprint density at radius 3 is 2.52 bits per heavy atom. The molecule has 0 radical (unpaired) electrons. The number of benzene rings is 1. The summed E-state index contributed by atoms with van der Waals surface area (Å²) >= 11 is 0. The number of hydrogen-bond acceptors (Lipinski definition) is 5. The number of halogens is 5. The highest BCUT2D eigenvalue weighted by Crippen LogP contribution is 2.50. The maximum Gasteiger partial charge on any atom is 0.501 e. The van der Waals surface area contributed by atoms with E-state index in [9.17, 15) is 35.5 Å². The molecule has 0 amide bonds. The third kappa shape index (κ3) is 2.97. The molecular weight excluding hydrogens is 373 g/mol. The number of aliphatic hydroxyl groups is 1. The first-order valence-corrected chi connectivity index (χ1v) is 8.84. The number of ether oxygens (including phenoxy) is 1. The lowest BCUT2D eigenvalue weighted by Gasteiger charge is -2.19. The predicted octanol–water partition coefficient (Wildman–Crippen LogP) is 1.95. The molecule has 5 nitrogen and oxygen atoms in total. The van der Waals surface area contributed by atoms with Crippen molar-refractivity contribution < 1.29 is 40.2 Å². The number of sulfone groups is 1. The lowest BCUT2D eigenvalue weighted by molar-refractivity contribution is -0.0978. The molecule has 1 aromatic carbocycles. The topological polar surface area (TPSA) is 75.6 Å². The fourth-order valence-electron chi connectivity index (χ4n) is 3.03. The second-order valence-corrected chi connectivity index (χ2v) is 7.89. The maximum atomic E-state index is 13.9. The molecule has 2 N–H and O–H groups in total. The Bertz CT molecular complexity index is 787. The minimum absolute atomic E-state index is 0.138. The van der Waals surface area contributed by atoms with Gasteiger partial charge >= 0.3 is 5.51 Å². The summed E-state index contributed by atoms with van der Waals surface area (Å²) in [5, 5.41) is 12.7. The number of nitrogens with one attached hydrogen (secondary N) is 1. The summed E-state index contributed by atoms with van der Waals surface area (Å²) in [6.07, 6.45) is -3.56. The van der Waals surface area contributed by atoms with Gasteiger partial charge in [0.25, 0.3) is 15.8 Å². The van der Waals surface area contributed by atoms with Gasteiger partial charge in [-0.3, -0.25) is 0 Å². The first-order valence-electron chi connectivity index (χ1n) is 7.35. The summed E-state index contributed by atoms with van der Waals surface area (Å²) in [6, 6.07) is 1.49. The van der Waals surface area contributed by atoms with E-state index >= 15 is 0 Å². The smallest absolute Gasteiger partial charge is 0.489 e. The Balaban J connectivity index is 2.13. The molecule has 1 fully saturated rings. The van der Waals surface area contributed by atoms with E-state index in [2.05, 4.69) is 5.32 Å². The van der Waals surface area contributed by atoms with Gasteiger partial charge in [-0.05, 0) is 25.1 Å². The molecule has 0 aromatic heterocycles. The standard InChI is InChI=1S/C14H14F5NO4S/c15-13(16)5-8-9(24-7-3-4-20-6-7)1-2-10(11(8)12(13)21)25(22,23)14(17,18)19/h1-2,7,12,20-21H,3-6H2. The van der Waals surface area contributed by atoms with Crippen LogP contribution in [0, 0.1) is 0 Å². The molecule has 1 aromatic rings. The fraction of sp³-hybridized carbons (Fsp3) is 0.571. The summed E-state index contributed by atoms with van der Waals surface area (Å²) in [6.45, 7) is 1.06. The molecule has 1 aliphatic heterocycles. The summed E-state index contributed by atoms with van der Waals surface area (Å²) < 4.78 is 95.2. The summed E-state index contributed by atoms with van der Waals surface area (Å²) in [7, 11) is -5.89. The molecule has 140 valence electrons. The molecule has 1 heterocycles. The van der Waals surface area contributed by atoms with Crippen LogP contribution in [0.15, 0.2) is 17.0 Å². The van der Waals surface area contributed by atoms with Gasteiger partial charge in [0.15, 0.2) is 0 Å². The molecule has 0 spiro atoms. The quantitative estimate of drug-likeness (QED) is 0.776. The number of hydrogen-bond donors (Lipinski definition) is 2. The largest absolute Gasteiger partial charge is 0.501 e. The zero-order chi connectivity index (χ0) is 18.6. The van der Waals surface area contributed by atoms with Crippen molar-refractivity contribution >= 4 is 9.84 Å². The summed E-state index contributed by atoms with van der Waals surface area (Å²) in [5.74, 6) is -3.92. The monoisotopic (exact) mass is 387 g/mol. The Morgan fingerprint density at radius 2 is 1.96 bits per heavy atom. The van der Waals surface area contributed by atoms with Gasteiger partial charge < -0.3 is 15.2 Å². The lowest BCUT2D eigenvalue weighted by atomic mass is 10.1. The van der Waals surface area contributed by atoms with Crippen molar-refractivity contribution in [2.24, 2.45) is 0 Å². The summed E-state index contributed by atoms with van der Waals surface area (Å²) in [5.41, 5.74) is -7.02. The van der Waals surface area contributed by atoms with Gasteiger partial charge in [0, 0.05) is 24.1 Å². The van der Waals surface area contributed by atoms with E-state index in [0.717, 1.165) is 6.07 Å². The molecule has 3 rings (SSSR count). The van der Waals surface area contributed by atoms with Crippen LogP contribution in [0.3, 0.4) is 0 Å². The molecule has 25 heavy (non-hydrogen) atoms. The van der Waals surface area contributed by atoms with Gasteiger partial charge in [0.2, 0.25) is 0 Å². The summed E-state index contributed by atoms with van der Waals surface area (Å²) in [4.78, 5) is -1.36. The number of alkyl halides is 5. The van der Waals surface area contributed by atoms with Crippen LogP contribution in [-0.2, 0) is 16.3 Å². The first kappa shape index (κ1) is 18.3. The third-order valence-electron chi connectivity index (χ3n) is 4.26. The van der Waals surface area contributed by atoms with Crippen molar-refractivity contribution in [2.45, 2.75) is 41.4 Å². The zero-order valence-corrected chi connectivity index (χ0v) is 13.4. The maximum absolute atomic E-state index is 13.9. The zero-order valence-electron chi connectivity index (χ0n) is 12.6. The van der Waals surface area contributed by atoms with Crippen molar-refractivity contribution in [1.82, 2.24) is 5.32 Å². The van der Waals surface area contributed by atoms with E-state index in [-0.39, 0.29) is 11.9 Å². The Labute approximate surface area is 139 Å². The number of aliphatic hydroxyl groups excluding tert-OH is 1. The molecule has 2 atom stereocenters. The molecule has 2 aliphatic rings. The SMILES string of the molecule is O=S(=O)(c1ccc(OC2CCNC2)c2c1C(O)C(F)(F)C2)C(F)(F)F. The van der Waals surface area contributed by atoms with Crippen LogP contribution in [0.4, 0.5) is 22.0 Å². The van der Waals surface area contributed by atoms with Gasteiger partial charge in [0.1, 0.15) is 18.0 Å². The fourth-order valence-corrected chi connectivity index (χ4v) is 4.05. The van der Waals surface area contributed by atoms with Gasteiger partial charge in [-0.1, -0.05) is 0 Å². The van der Waals surface area contributed by atoms with Crippen molar-refractivity contribution in [3.8, 4) is 5.75 Å². The normalized spacial score (nSPS) is 25.8. The highest BCUT2D eigenvalue weighted by Gasteiger charge is 2.55. The molecule has 0 bridgehead atoms. The predicted molar refractivity (Wildman–Crippen MR) is 75.2 cm³/mol. The van der Waals surface area contributed by atoms with Crippen LogP contribution in [0.25, 0.3) is 0 Å². The van der Waals surface area contributed by atoms with Crippen LogP contribution >= 0.6 is 0 Å². The Morgan fingerprint density at radius 1 is 1.28 bits per heavy atom. The van der Waals surface area contributed by atoms with Crippen LogP contribution in [0.5, 0.6) is 5.75 Å². The van der Waals surface area contributed by atoms with Crippen molar-refractivity contribution in [1.29, 1.82) is 0 Å². The number of rotatable bonds is 3. The van der Waals surface area contributed by atoms with E-state index in [1.165, 1.54) is 0 Å². The van der Waals surface area contributed by atoms with Crippen molar-refractivity contribution in [3.63, 3.8) is 0 Å². The highest BCUT2D eigenvalue weighted by molar-refractivity contribution is 7.92. The minimum atomic E-state index is -5.89. The van der Waals surface area contributed by atoms with E-state index < -0.39 is 49.8 Å². The number of fused-ring (bicyclic) bond motifs is 1. The third-order valence-corrected chi connectivity index (χ3v) is 5.81. The van der Waals surface area contributed by atoms with Crippen molar-refractivity contribution in [3.05, 3.63) is 23.3 Å². The first-order chi connectivity index (χ1) is 11.4. The Kier molecular flexibility index (Phi) is 4.24. The van der Waals surface area contributed by atoms with E-state index in [1.807, 2.05) is 0 Å². The molecule has 1 saturated heterocycles. The van der Waals surface area contributed by atoms with E-state index in [0.29, 0.717) is 25.6 Å². The lowest BCUT2D eigenvalue weighted by Crippen LogP contribution is -2.26. The minimum Gasteiger partial charge on any atom is -0.489 e. The highest BCUT2D eigenvalue weighted by atomic mass is 32.2. The van der Waals surface area contributed by atoms with Crippen LogP contribution in [-0.4, -0.2) is 44.1 Å². The van der Waals surface area contributed by atoms with Crippen LogP contribution < -0.4 is 10.1 Å². The second-order valence-electron chi connectivity index (χ2n) is 5.98. The second kappa shape index (κ2) is 5.78. The van der Waals surface area contributed by atoms with Crippen molar-refractivity contribution in [2.75, 3.05) is 13.1 Å². The Hall–Kier alpha value is -1.46. The van der Waals surface area contributed by atoms with E-state index in [1.54, 1.807) is 0 Å². The van der Waals surface area contributed by atoms with Gasteiger partial charge in [-0.2, -0.15) is 13.2 Å². The molecule has 11 heteroatoms. The molecule has 1 aliphatic carbocycles. The van der Waals surface area contributed by atoms with Crippen LogP contribution in [0.2, 0.25) is 0 Å². The average Bonchev–Trinajstić information content (AvgIpc) is 3.06. The molecular formula is C14H14F5NO4S. The van der Waals surface area contributed by atoms with Gasteiger partial charge in [-0.15, -0.1) is 0 Å². The van der Waals surface area contributed by atoms with Gasteiger partial charge in [-0.25, -0.2) is 17.2 Å². The van der Waals surface area contributed by atoms with Crippen LogP contribution in [0.1, 0.15) is 23.7 Å². The van der Waals surface area contributed by atoms with E-state index in [4.69, 9.17) is 4.74 Å².